The number of esters is 8. The molecule has 58 heavy (non-hydrogen) atoms. The van der Waals surface area contributed by atoms with Crippen LogP contribution in [-0.2, 0) is 99.9 Å². The molecule has 3 N–H and O–H groups in total. The predicted octanol–water partition coefficient (Wildman–Crippen LogP) is -3.01. The molecule has 328 valence electrons. The van der Waals surface area contributed by atoms with Crippen LogP contribution in [-0.4, -0.2) is 175 Å². The van der Waals surface area contributed by atoms with Gasteiger partial charge in [0.05, 0.1) is 13.2 Å². The van der Waals surface area contributed by atoms with Crippen molar-refractivity contribution in [1.29, 1.82) is 0 Å². The molecule has 0 radical (unpaired) electrons. The average Bonchev–Trinajstić information content (AvgIpc) is 3.09. The molecule has 3 fully saturated rings. The van der Waals surface area contributed by atoms with Crippen molar-refractivity contribution in [3.05, 3.63) is 0 Å². The van der Waals surface area contributed by atoms with Crippen LogP contribution in [0.2, 0.25) is 0 Å². The third kappa shape index (κ3) is 13.5. The first kappa shape index (κ1) is 47.8. The molecule has 0 saturated carbocycles. The van der Waals surface area contributed by atoms with Crippen molar-refractivity contribution in [3.8, 4) is 0 Å². The number of carbonyl (C=O) groups excluding carboxylic acids is 8. The summed E-state index contributed by atoms with van der Waals surface area (Å²) in [5.41, 5.74) is 0. The Morgan fingerprint density at radius 3 is 1.16 bits per heavy atom. The zero-order valence-corrected chi connectivity index (χ0v) is 32.7. The van der Waals surface area contributed by atoms with Crippen molar-refractivity contribution in [2.24, 2.45) is 0 Å². The first-order valence-corrected chi connectivity index (χ1v) is 17.7. The molecule has 15 atom stereocenters. The fraction of sp³-hybridized carbons (Fsp3) is 0.765. The van der Waals surface area contributed by atoms with Gasteiger partial charge in [-0.25, -0.2) is 0 Å². The van der Waals surface area contributed by atoms with Crippen molar-refractivity contribution in [1.82, 2.24) is 0 Å². The second kappa shape index (κ2) is 21.4. The molecule has 3 aliphatic heterocycles. The third-order valence-electron chi connectivity index (χ3n) is 8.26. The number of carbonyl (C=O) groups is 8. The van der Waals surface area contributed by atoms with Crippen LogP contribution in [0.1, 0.15) is 55.4 Å². The van der Waals surface area contributed by atoms with Crippen LogP contribution in [0.3, 0.4) is 0 Å². The van der Waals surface area contributed by atoms with Crippen LogP contribution in [0.5, 0.6) is 0 Å². The number of hydrogen-bond acceptors (Lipinski definition) is 24. The van der Waals surface area contributed by atoms with Crippen LogP contribution in [0, 0.1) is 0 Å². The van der Waals surface area contributed by atoms with Gasteiger partial charge in [-0.1, -0.05) is 0 Å². The molecule has 1 unspecified atom stereocenters. The minimum Gasteiger partial charge on any atom is -0.463 e. The molecule has 0 bridgehead atoms. The van der Waals surface area contributed by atoms with E-state index < -0.39 is 160 Å². The summed E-state index contributed by atoms with van der Waals surface area (Å²) in [5.74, 6) is -7.30. The Morgan fingerprint density at radius 1 is 0.379 bits per heavy atom. The molecule has 0 amide bonds. The van der Waals surface area contributed by atoms with Gasteiger partial charge in [0.1, 0.15) is 37.1 Å². The van der Waals surface area contributed by atoms with E-state index >= 15 is 0 Å². The second-order valence-corrected chi connectivity index (χ2v) is 13.1. The largest absolute Gasteiger partial charge is 0.463 e. The molecule has 0 aliphatic carbocycles. The molecular weight excluding hydrogens is 792 g/mol. The maximum Gasteiger partial charge on any atom is 0.303 e. The van der Waals surface area contributed by atoms with Crippen molar-refractivity contribution in [3.63, 3.8) is 0 Å². The quantitative estimate of drug-likeness (QED) is 0.109. The number of aliphatic hydroxyl groups excluding tert-OH is 3. The van der Waals surface area contributed by atoms with Gasteiger partial charge in [-0.05, 0) is 0 Å². The van der Waals surface area contributed by atoms with Gasteiger partial charge in [0, 0.05) is 55.4 Å². The van der Waals surface area contributed by atoms with Gasteiger partial charge in [-0.2, -0.15) is 0 Å². The summed E-state index contributed by atoms with van der Waals surface area (Å²) in [7, 11) is 0. The third-order valence-corrected chi connectivity index (χ3v) is 8.26. The highest BCUT2D eigenvalue weighted by molar-refractivity contribution is 5.69. The lowest BCUT2D eigenvalue weighted by Crippen LogP contribution is -2.65. The number of rotatable bonds is 15. The molecule has 3 aliphatic rings. The Kier molecular flexibility index (Phi) is 17.7. The van der Waals surface area contributed by atoms with Crippen LogP contribution < -0.4 is 0 Å². The zero-order valence-electron chi connectivity index (χ0n) is 32.7. The lowest BCUT2D eigenvalue weighted by atomic mass is 9.97. The van der Waals surface area contributed by atoms with E-state index in [4.69, 9.17) is 61.6 Å². The van der Waals surface area contributed by atoms with Gasteiger partial charge < -0.3 is 76.9 Å². The number of ether oxygens (including phenoxy) is 13. The monoisotopic (exact) mass is 840 g/mol. The smallest absolute Gasteiger partial charge is 0.303 e. The molecule has 3 saturated heterocycles. The van der Waals surface area contributed by atoms with E-state index in [1.807, 2.05) is 0 Å². The van der Waals surface area contributed by atoms with E-state index in [2.05, 4.69) is 0 Å². The minimum absolute atomic E-state index is 0.579. The first-order valence-electron chi connectivity index (χ1n) is 17.7. The molecule has 0 spiro atoms. The summed E-state index contributed by atoms with van der Waals surface area (Å²) in [5, 5.41) is 32.7. The van der Waals surface area contributed by atoms with E-state index in [9.17, 15) is 53.7 Å². The molecule has 24 nitrogen and oxygen atoms in total. The summed E-state index contributed by atoms with van der Waals surface area (Å²) < 4.78 is 71.0. The summed E-state index contributed by atoms with van der Waals surface area (Å²) in [6.45, 7) is 5.96. The van der Waals surface area contributed by atoms with Gasteiger partial charge in [-0.15, -0.1) is 0 Å². The lowest BCUT2D eigenvalue weighted by molar-refractivity contribution is -0.342. The van der Waals surface area contributed by atoms with Crippen LogP contribution >= 0.6 is 0 Å². The van der Waals surface area contributed by atoms with Gasteiger partial charge in [0.2, 0.25) is 0 Å². The molecular formula is C34H48O24. The maximum absolute atomic E-state index is 12.4. The Bertz CT molecular complexity index is 1500. The van der Waals surface area contributed by atoms with Crippen LogP contribution in [0.25, 0.3) is 0 Å². The molecule has 0 aromatic heterocycles. The van der Waals surface area contributed by atoms with E-state index in [1.54, 1.807) is 0 Å². The molecule has 3 heterocycles. The highest BCUT2D eigenvalue weighted by atomic mass is 16.8. The van der Waals surface area contributed by atoms with Crippen LogP contribution in [0.4, 0.5) is 0 Å². The Morgan fingerprint density at radius 2 is 0.707 bits per heavy atom. The molecule has 0 aromatic carbocycles. The lowest BCUT2D eigenvalue weighted by Gasteiger charge is -2.46. The summed E-state index contributed by atoms with van der Waals surface area (Å²) >= 11 is 0. The van der Waals surface area contributed by atoms with Gasteiger partial charge >= 0.3 is 47.8 Å². The summed E-state index contributed by atoms with van der Waals surface area (Å²) in [4.78, 5) is 96.4. The van der Waals surface area contributed by atoms with Gasteiger partial charge in [0.15, 0.2) is 61.6 Å². The average molecular weight is 841 g/mol. The fourth-order valence-corrected chi connectivity index (χ4v) is 6.22. The fourth-order valence-electron chi connectivity index (χ4n) is 6.22. The van der Waals surface area contributed by atoms with Gasteiger partial charge in [0.25, 0.3) is 0 Å². The van der Waals surface area contributed by atoms with E-state index in [1.165, 1.54) is 0 Å². The number of aliphatic hydroxyl groups is 3. The highest BCUT2D eigenvalue weighted by Gasteiger charge is 2.56. The Hall–Kier alpha value is -4.56. The van der Waals surface area contributed by atoms with E-state index in [-0.39, 0.29) is 0 Å². The number of hydrogen-bond donors (Lipinski definition) is 3. The summed E-state index contributed by atoms with van der Waals surface area (Å²) in [6.07, 6.45) is -25.5. The van der Waals surface area contributed by atoms with Crippen molar-refractivity contribution in [2.45, 2.75) is 148 Å². The van der Waals surface area contributed by atoms with Crippen LogP contribution in [0.15, 0.2) is 0 Å². The topological polar surface area (TPSA) is 317 Å². The van der Waals surface area contributed by atoms with Crippen molar-refractivity contribution < 1.29 is 115 Å². The minimum atomic E-state index is -1.97. The highest BCUT2D eigenvalue weighted by Crippen LogP contribution is 2.33. The van der Waals surface area contributed by atoms with E-state index in [0.717, 1.165) is 55.4 Å². The molecule has 0 aromatic rings. The second-order valence-electron chi connectivity index (χ2n) is 13.1. The normalized spacial score (nSPS) is 34.6. The SMILES string of the molecule is CC(=O)OC[C@H]1O[C@@H](OC[C@H]2O[C@@H](OC[C@H]3OC(O)[C@H](OC(C)=O)[C@@H](O)[C@@H]3OC(C)=O)[C@H](OC(C)=O)[C@@H](OC(C)=O)[C@@H]2OC(C)=O)[C@H](OC(C)=O)[C@@H](O)[C@@H]1OC(C)=O. The first-order chi connectivity index (χ1) is 27.1. The predicted molar refractivity (Wildman–Crippen MR) is 178 cm³/mol. The van der Waals surface area contributed by atoms with Gasteiger partial charge in [-0.3, -0.25) is 38.4 Å². The van der Waals surface area contributed by atoms with Crippen molar-refractivity contribution >= 4 is 47.8 Å². The van der Waals surface area contributed by atoms with E-state index in [0.29, 0.717) is 0 Å². The van der Waals surface area contributed by atoms with Crippen molar-refractivity contribution in [2.75, 3.05) is 19.8 Å². The zero-order chi connectivity index (χ0) is 43.6. The molecule has 3 rings (SSSR count). The maximum atomic E-state index is 12.4. The standard InChI is InChI=1S/C34H48O24/c1-12(35)46-9-21-26(50-14(3)37)24(44)29(53-17(6)40)33(57-21)47-11-22-27(51-15(4)38)30(54-18(7)41)31(55-19(8)42)34(58-22)48-10-20-25(49-13(2)36)23(43)28(32(45)56-20)52-16(5)39/h20-34,43-45H,9-11H2,1-8H3/t20-,21-,22-,23+,24+,25-,26-,27-,28-,29-,30+,31-,32?,33-,34-/m1/s1. The molecule has 24 heteroatoms. The Balaban J connectivity index is 2.01. The summed E-state index contributed by atoms with van der Waals surface area (Å²) in [6, 6.07) is 0. The Labute approximate surface area is 330 Å².